The number of nitrogens with one attached hydrogen (secondary N) is 1. The fourth-order valence-corrected chi connectivity index (χ4v) is 2.42. The molecule has 1 amide bonds. The molecule has 23 heavy (non-hydrogen) atoms. The minimum atomic E-state index is -0.677. The molecule has 0 radical (unpaired) electrons. The number of carbonyl (C=O) groups is 2. The second-order valence-electron chi connectivity index (χ2n) is 4.75. The van der Waals surface area contributed by atoms with Gasteiger partial charge in [-0.15, -0.1) is 0 Å². The van der Waals surface area contributed by atoms with Crippen LogP contribution in [0.1, 0.15) is 10.6 Å². The van der Waals surface area contributed by atoms with Crippen LogP contribution in [0.3, 0.4) is 0 Å². The number of halogens is 1. The Kier molecular flexibility index (Phi) is 4.43. The molecule has 1 heterocycles. The highest BCUT2D eigenvalue weighted by atomic mass is 79.9. The minimum Gasteiger partial charge on any atom is -0.450 e. The summed E-state index contributed by atoms with van der Waals surface area (Å²) in [6.45, 7) is -0.392. The number of anilines is 1. The summed E-state index contributed by atoms with van der Waals surface area (Å²) in [7, 11) is 0. The van der Waals surface area contributed by atoms with Gasteiger partial charge < -0.3 is 14.5 Å². The van der Waals surface area contributed by atoms with Crippen molar-refractivity contribution in [2.75, 3.05) is 11.9 Å². The zero-order valence-electron chi connectivity index (χ0n) is 11.9. The first-order valence-corrected chi connectivity index (χ1v) is 7.63. The summed E-state index contributed by atoms with van der Waals surface area (Å²) in [6.07, 6.45) is 0. The molecule has 2 aromatic carbocycles. The number of hydrogen-bond donors (Lipinski definition) is 1. The molecule has 0 atom stereocenters. The number of fused-ring (bicyclic) bond motifs is 1. The quantitative estimate of drug-likeness (QED) is 0.702. The van der Waals surface area contributed by atoms with Gasteiger partial charge in [-0.3, -0.25) is 4.79 Å². The second kappa shape index (κ2) is 6.66. The molecule has 3 rings (SSSR count). The number of furan rings is 1. The van der Waals surface area contributed by atoms with Crippen molar-refractivity contribution in [1.29, 1.82) is 0 Å². The smallest absolute Gasteiger partial charge is 0.374 e. The van der Waals surface area contributed by atoms with Crippen molar-refractivity contribution in [2.45, 2.75) is 0 Å². The number of ether oxygens (including phenoxy) is 1. The van der Waals surface area contributed by atoms with Crippen LogP contribution >= 0.6 is 15.9 Å². The van der Waals surface area contributed by atoms with Crippen LogP contribution in [-0.2, 0) is 9.53 Å². The Morgan fingerprint density at radius 3 is 2.61 bits per heavy atom. The summed E-state index contributed by atoms with van der Waals surface area (Å²) in [6, 6.07) is 16.0. The van der Waals surface area contributed by atoms with Gasteiger partial charge in [-0.1, -0.05) is 30.3 Å². The highest BCUT2D eigenvalue weighted by Crippen LogP contribution is 2.21. The van der Waals surface area contributed by atoms with E-state index in [1.807, 2.05) is 24.3 Å². The molecule has 1 aromatic heterocycles. The molecule has 0 fully saturated rings. The van der Waals surface area contributed by atoms with Gasteiger partial charge in [-0.25, -0.2) is 4.79 Å². The predicted molar refractivity (Wildman–Crippen MR) is 89.3 cm³/mol. The van der Waals surface area contributed by atoms with Crippen molar-refractivity contribution in [3.63, 3.8) is 0 Å². The number of hydrogen-bond acceptors (Lipinski definition) is 4. The van der Waals surface area contributed by atoms with Gasteiger partial charge in [0.1, 0.15) is 5.58 Å². The lowest BCUT2D eigenvalue weighted by molar-refractivity contribution is -0.119. The molecule has 0 unspecified atom stereocenters. The zero-order valence-corrected chi connectivity index (χ0v) is 13.5. The van der Waals surface area contributed by atoms with E-state index in [-0.39, 0.29) is 5.76 Å². The molecule has 6 heteroatoms. The summed E-state index contributed by atoms with van der Waals surface area (Å²) in [5.41, 5.74) is 1.20. The Hall–Kier alpha value is -2.60. The summed E-state index contributed by atoms with van der Waals surface area (Å²) in [4.78, 5) is 23.8. The number of rotatable bonds is 4. The van der Waals surface area contributed by atoms with Crippen LogP contribution in [0, 0.1) is 0 Å². The van der Waals surface area contributed by atoms with Crippen molar-refractivity contribution >= 4 is 44.5 Å². The van der Waals surface area contributed by atoms with Gasteiger partial charge in [-0.2, -0.15) is 0 Å². The van der Waals surface area contributed by atoms with E-state index in [1.54, 1.807) is 30.3 Å². The van der Waals surface area contributed by atoms with Crippen LogP contribution in [0.15, 0.2) is 63.5 Å². The average molecular weight is 374 g/mol. The zero-order chi connectivity index (χ0) is 16.2. The van der Waals surface area contributed by atoms with Gasteiger partial charge >= 0.3 is 5.97 Å². The van der Waals surface area contributed by atoms with Crippen LogP contribution in [0.25, 0.3) is 11.0 Å². The maximum atomic E-state index is 11.9. The van der Waals surface area contributed by atoms with E-state index in [9.17, 15) is 9.59 Å². The molecule has 0 aliphatic carbocycles. The Morgan fingerprint density at radius 2 is 1.83 bits per heavy atom. The van der Waals surface area contributed by atoms with Crippen LogP contribution in [0.5, 0.6) is 0 Å². The molecule has 0 aliphatic rings. The standard InChI is InChI=1S/C17H12BrNO4/c18-12-6-2-3-7-13(12)19-16(20)10-22-17(21)15-9-11-5-1-4-8-14(11)23-15/h1-9H,10H2,(H,19,20). The van der Waals surface area contributed by atoms with E-state index in [0.717, 1.165) is 9.86 Å². The predicted octanol–water partition coefficient (Wildman–Crippen LogP) is 3.99. The third-order valence-corrected chi connectivity index (χ3v) is 3.80. The molecule has 0 bridgehead atoms. The largest absolute Gasteiger partial charge is 0.450 e. The first-order chi connectivity index (χ1) is 11.1. The monoisotopic (exact) mass is 373 g/mol. The lowest BCUT2D eigenvalue weighted by Crippen LogP contribution is -2.20. The minimum absolute atomic E-state index is 0.0693. The number of carbonyl (C=O) groups excluding carboxylic acids is 2. The Morgan fingerprint density at radius 1 is 1.09 bits per heavy atom. The van der Waals surface area contributed by atoms with Gasteiger partial charge in [0.05, 0.1) is 5.69 Å². The van der Waals surface area contributed by atoms with Crippen molar-refractivity contribution in [3.8, 4) is 0 Å². The molecule has 0 saturated carbocycles. The van der Waals surface area contributed by atoms with E-state index in [4.69, 9.17) is 9.15 Å². The molecule has 0 aliphatic heterocycles. The van der Waals surface area contributed by atoms with E-state index in [2.05, 4.69) is 21.2 Å². The fourth-order valence-electron chi connectivity index (χ4n) is 2.03. The van der Waals surface area contributed by atoms with Crippen LogP contribution in [-0.4, -0.2) is 18.5 Å². The van der Waals surface area contributed by atoms with Crippen LogP contribution in [0.4, 0.5) is 5.69 Å². The molecule has 0 spiro atoms. The highest BCUT2D eigenvalue weighted by Gasteiger charge is 2.15. The molecule has 0 saturated heterocycles. The van der Waals surface area contributed by atoms with Crippen molar-refractivity contribution in [3.05, 3.63) is 64.8 Å². The maximum absolute atomic E-state index is 11.9. The number of benzene rings is 2. The van der Waals surface area contributed by atoms with E-state index < -0.39 is 18.5 Å². The first-order valence-electron chi connectivity index (χ1n) is 6.83. The van der Waals surface area contributed by atoms with Gasteiger partial charge in [0.25, 0.3) is 5.91 Å². The van der Waals surface area contributed by atoms with Gasteiger partial charge in [0.15, 0.2) is 6.61 Å². The van der Waals surface area contributed by atoms with Crippen molar-refractivity contribution in [1.82, 2.24) is 0 Å². The summed E-state index contributed by atoms with van der Waals surface area (Å²) >= 11 is 3.32. The van der Waals surface area contributed by atoms with Gasteiger partial charge in [0, 0.05) is 9.86 Å². The molecular weight excluding hydrogens is 362 g/mol. The summed E-state index contributed by atoms with van der Waals surface area (Å²) in [5.74, 6) is -1.04. The number of esters is 1. The normalized spacial score (nSPS) is 10.5. The molecule has 1 N–H and O–H groups in total. The second-order valence-corrected chi connectivity index (χ2v) is 5.61. The molecule has 3 aromatic rings. The van der Waals surface area contributed by atoms with Crippen LogP contribution in [0.2, 0.25) is 0 Å². The molecular formula is C17H12BrNO4. The molecule has 5 nitrogen and oxygen atoms in total. The first kappa shape index (κ1) is 15.3. The Bertz CT molecular complexity index is 839. The summed E-state index contributed by atoms with van der Waals surface area (Å²) in [5, 5.41) is 3.45. The third-order valence-electron chi connectivity index (χ3n) is 3.11. The number of para-hydroxylation sites is 2. The van der Waals surface area contributed by atoms with Gasteiger partial charge in [-0.05, 0) is 40.2 Å². The summed E-state index contributed by atoms with van der Waals surface area (Å²) < 4.78 is 11.1. The fraction of sp³-hybridized carbons (Fsp3) is 0.0588. The SMILES string of the molecule is O=C(COC(=O)c1cc2ccccc2o1)Nc1ccccc1Br. The average Bonchev–Trinajstić information content (AvgIpc) is 2.99. The number of amides is 1. The Labute approximate surface area is 140 Å². The molecule has 116 valence electrons. The van der Waals surface area contributed by atoms with Crippen LogP contribution < -0.4 is 5.32 Å². The lowest BCUT2D eigenvalue weighted by Gasteiger charge is -2.07. The topological polar surface area (TPSA) is 68.5 Å². The maximum Gasteiger partial charge on any atom is 0.374 e. The Balaban J connectivity index is 1.60. The van der Waals surface area contributed by atoms with Gasteiger partial charge in [0.2, 0.25) is 5.76 Å². The van der Waals surface area contributed by atoms with Crippen molar-refractivity contribution in [2.24, 2.45) is 0 Å². The van der Waals surface area contributed by atoms with E-state index in [1.165, 1.54) is 0 Å². The lowest BCUT2D eigenvalue weighted by atomic mass is 10.2. The third kappa shape index (κ3) is 3.60. The van der Waals surface area contributed by atoms with Crippen molar-refractivity contribution < 1.29 is 18.7 Å². The highest BCUT2D eigenvalue weighted by molar-refractivity contribution is 9.10. The van der Waals surface area contributed by atoms with E-state index in [0.29, 0.717) is 11.3 Å². The van der Waals surface area contributed by atoms with E-state index >= 15 is 0 Å².